The summed E-state index contributed by atoms with van der Waals surface area (Å²) in [5.74, 6) is 0.410. The lowest BCUT2D eigenvalue weighted by Crippen LogP contribution is -2.11. The summed E-state index contributed by atoms with van der Waals surface area (Å²) in [6, 6.07) is 6.72. The van der Waals surface area contributed by atoms with Crippen LogP contribution in [-0.4, -0.2) is 12.8 Å². The van der Waals surface area contributed by atoms with Crippen molar-refractivity contribution in [2.45, 2.75) is 45.4 Å². The highest BCUT2D eigenvalue weighted by Gasteiger charge is 2.05. The van der Waals surface area contributed by atoms with Gasteiger partial charge < -0.3 is 15.2 Å². The van der Waals surface area contributed by atoms with Gasteiger partial charge in [-0.05, 0) is 18.6 Å². The van der Waals surface area contributed by atoms with Gasteiger partial charge in [0.25, 0.3) is 0 Å². The number of carbonyl (C=O) groups excluding carboxylic acids is 1. The van der Waals surface area contributed by atoms with Gasteiger partial charge in [0, 0.05) is 11.8 Å². The smallest absolute Gasteiger partial charge is 0.434 e. The molecule has 0 bridgehead atoms. The average Bonchev–Trinajstić information content (AvgIpc) is 2.37. The highest BCUT2D eigenvalue weighted by molar-refractivity contribution is 5.64. The van der Waals surface area contributed by atoms with E-state index in [9.17, 15) is 4.79 Å². The van der Waals surface area contributed by atoms with Crippen molar-refractivity contribution < 1.29 is 14.3 Å². The number of hydrogen-bond donors (Lipinski definition) is 1. The zero-order chi connectivity index (χ0) is 13.9. The van der Waals surface area contributed by atoms with Crippen molar-refractivity contribution in [3.05, 3.63) is 24.3 Å². The third-order valence-corrected chi connectivity index (χ3v) is 2.78. The van der Waals surface area contributed by atoms with Gasteiger partial charge in [-0.25, -0.2) is 4.79 Å². The minimum absolute atomic E-state index is 0.410. The summed E-state index contributed by atoms with van der Waals surface area (Å²) in [6.07, 6.45) is 6.27. The van der Waals surface area contributed by atoms with Crippen LogP contribution < -0.4 is 10.5 Å². The maximum atomic E-state index is 11.4. The highest BCUT2D eigenvalue weighted by Crippen LogP contribution is 2.15. The number of unbranched alkanes of at least 4 members (excludes halogenated alkanes) is 5. The normalized spacial score (nSPS) is 10.2. The van der Waals surface area contributed by atoms with E-state index < -0.39 is 6.16 Å². The fraction of sp³-hybridized carbons (Fsp3) is 0.533. The van der Waals surface area contributed by atoms with Crippen molar-refractivity contribution in [3.63, 3.8) is 0 Å². The van der Waals surface area contributed by atoms with E-state index in [0.29, 0.717) is 18.0 Å². The van der Waals surface area contributed by atoms with Crippen LogP contribution in [-0.2, 0) is 4.74 Å². The average molecular weight is 265 g/mol. The molecule has 0 fully saturated rings. The van der Waals surface area contributed by atoms with Crippen molar-refractivity contribution in [2.24, 2.45) is 0 Å². The number of ether oxygens (including phenoxy) is 2. The van der Waals surface area contributed by atoms with E-state index in [1.54, 1.807) is 24.3 Å². The van der Waals surface area contributed by atoms with Gasteiger partial charge in [0.15, 0.2) is 0 Å². The standard InChI is InChI=1S/C15H23NO3/c1-2-3-4-5-6-7-11-18-15(17)19-14-10-8-9-13(16)12-14/h8-10,12H,2-7,11,16H2,1H3. The lowest BCUT2D eigenvalue weighted by atomic mass is 10.1. The van der Waals surface area contributed by atoms with Crippen LogP contribution in [0.15, 0.2) is 24.3 Å². The predicted octanol–water partition coefficient (Wildman–Crippen LogP) is 4.14. The Morgan fingerprint density at radius 3 is 2.63 bits per heavy atom. The van der Waals surface area contributed by atoms with Crippen LogP contribution in [0, 0.1) is 0 Å². The summed E-state index contributed by atoms with van der Waals surface area (Å²) in [4.78, 5) is 11.4. The second-order valence-electron chi connectivity index (χ2n) is 4.54. The van der Waals surface area contributed by atoms with Crippen LogP contribution >= 0.6 is 0 Å². The van der Waals surface area contributed by atoms with Crippen molar-refractivity contribution >= 4 is 11.8 Å². The molecule has 19 heavy (non-hydrogen) atoms. The van der Waals surface area contributed by atoms with E-state index >= 15 is 0 Å². The molecule has 0 saturated carbocycles. The summed E-state index contributed by atoms with van der Waals surface area (Å²) >= 11 is 0. The number of rotatable bonds is 8. The third-order valence-electron chi connectivity index (χ3n) is 2.78. The summed E-state index contributed by atoms with van der Waals surface area (Å²) < 4.78 is 9.99. The van der Waals surface area contributed by atoms with Crippen LogP contribution in [0.5, 0.6) is 5.75 Å². The Morgan fingerprint density at radius 2 is 1.89 bits per heavy atom. The first kappa shape index (κ1) is 15.3. The Hall–Kier alpha value is -1.71. The number of nitrogens with two attached hydrogens (primary N) is 1. The van der Waals surface area contributed by atoms with Gasteiger partial charge in [0.2, 0.25) is 0 Å². The van der Waals surface area contributed by atoms with Crippen molar-refractivity contribution in [1.29, 1.82) is 0 Å². The van der Waals surface area contributed by atoms with E-state index in [4.69, 9.17) is 15.2 Å². The summed E-state index contributed by atoms with van der Waals surface area (Å²) in [5, 5.41) is 0. The summed E-state index contributed by atoms with van der Waals surface area (Å²) in [7, 11) is 0. The lowest BCUT2D eigenvalue weighted by molar-refractivity contribution is 0.0973. The van der Waals surface area contributed by atoms with Crippen molar-refractivity contribution in [3.8, 4) is 5.75 Å². The van der Waals surface area contributed by atoms with Crippen LogP contribution in [0.4, 0.5) is 10.5 Å². The molecule has 0 spiro atoms. The minimum atomic E-state index is -0.667. The Balaban J connectivity index is 2.08. The topological polar surface area (TPSA) is 61.5 Å². The number of hydrogen-bond acceptors (Lipinski definition) is 4. The number of benzene rings is 1. The van der Waals surface area contributed by atoms with Crippen LogP contribution in [0.25, 0.3) is 0 Å². The van der Waals surface area contributed by atoms with Gasteiger partial charge in [-0.15, -0.1) is 0 Å². The molecule has 0 aromatic heterocycles. The maximum Gasteiger partial charge on any atom is 0.513 e. The molecule has 106 valence electrons. The molecule has 0 saturated heterocycles. The second-order valence-corrected chi connectivity index (χ2v) is 4.54. The number of carbonyl (C=O) groups is 1. The van der Waals surface area contributed by atoms with E-state index in [1.807, 2.05) is 0 Å². The number of nitrogen functional groups attached to an aromatic ring is 1. The molecule has 4 heteroatoms. The zero-order valence-corrected chi connectivity index (χ0v) is 11.6. The van der Waals surface area contributed by atoms with E-state index in [2.05, 4.69) is 6.92 Å². The monoisotopic (exact) mass is 265 g/mol. The molecule has 1 aromatic carbocycles. The molecule has 0 aliphatic heterocycles. The molecule has 1 aromatic rings. The van der Waals surface area contributed by atoms with Gasteiger partial charge in [-0.2, -0.15) is 0 Å². The maximum absolute atomic E-state index is 11.4. The largest absolute Gasteiger partial charge is 0.513 e. The van der Waals surface area contributed by atoms with E-state index in [0.717, 1.165) is 12.8 Å². The van der Waals surface area contributed by atoms with Crippen LogP contribution in [0.3, 0.4) is 0 Å². The van der Waals surface area contributed by atoms with Crippen molar-refractivity contribution in [2.75, 3.05) is 12.3 Å². The van der Waals surface area contributed by atoms with Crippen LogP contribution in [0.2, 0.25) is 0 Å². The molecule has 0 unspecified atom stereocenters. The van der Waals surface area contributed by atoms with Gasteiger partial charge in [-0.1, -0.05) is 45.1 Å². The fourth-order valence-electron chi connectivity index (χ4n) is 1.74. The summed E-state index contributed by atoms with van der Waals surface area (Å²) in [6.45, 7) is 2.60. The van der Waals surface area contributed by atoms with Gasteiger partial charge in [-0.3, -0.25) is 0 Å². The molecule has 0 aliphatic rings. The van der Waals surface area contributed by atoms with Gasteiger partial charge in [0.1, 0.15) is 5.75 Å². The Labute approximate surface area is 114 Å². The van der Waals surface area contributed by atoms with E-state index in [-0.39, 0.29) is 0 Å². The molecule has 0 radical (unpaired) electrons. The third kappa shape index (κ3) is 7.34. The predicted molar refractivity (Wildman–Crippen MR) is 76.2 cm³/mol. The quantitative estimate of drug-likeness (QED) is 0.332. The molecule has 0 heterocycles. The molecule has 0 atom stereocenters. The SMILES string of the molecule is CCCCCCCCOC(=O)Oc1cccc(N)c1. The molecule has 4 nitrogen and oxygen atoms in total. The molecule has 0 amide bonds. The first-order valence-corrected chi connectivity index (χ1v) is 6.92. The van der Waals surface area contributed by atoms with Crippen LogP contribution in [0.1, 0.15) is 45.4 Å². The lowest BCUT2D eigenvalue weighted by Gasteiger charge is -2.06. The minimum Gasteiger partial charge on any atom is -0.434 e. The van der Waals surface area contributed by atoms with Gasteiger partial charge >= 0.3 is 6.16 Å². The fourth-order valence-corrected chi connectivity index (χ4v) is 1.74. The molecular formula is C15H23NO3. The highest BCUT2D eigenvalue weighted by atomic mass is 16.7. The molecular weight excluding hydrogens is 242 g/mol. The molecule has 0 aliphatic carbocycles. The molecule has 1 rings (SSSR count). The first-order chi connectivity index (χ1) is 9.22. The first-order valence-electron chi connectivity index (χ1n) is 6.92. The van der Waals surface area contributed by atoms with E-state index in [1.165, 1.54) is 25.7 Å². The van der Waals surface area contributed by atoms with Crippen molar-refractivity contribution in [1.82, 2.24) is 0 Å². The number of anilines is 1. The zero-order valence-electron chi connectivity index (χ0n) is 11.6. The van der Waals surface area contributed by atoms with Gasteiger partial charge in [0.05, 0.1) is 6.61 Å². The Bertz CT molecular complexity index is 379. The summed E-state index contributed by atoms with van der Waals surface area (Å²) in [5.41, 5.74) is 6.14. The second kappa shape index (κ2) is 9.25. The molecule has 2 N–H and O–H groups in total. The Morgan fingerprint density at radius 1 is 1.16 bits per heavy atom. The Kier molecular flexibility index (Phi) is 7.47.